The summed E-state index contributed by atoms with van der Waals surface area (Å²) in [5, 5.41) is 16.4. The molecule has 1 aliphatic heterocycles. The Morgan fingerprint density at radius 1 is 1.41 bits per heavy atom. The highest BCUT2D eigenvalue weighted by Gasteiger charge is 2.22. The Morgan fingerprint density at radius 2 is 2.24 bits per heavy atom. The Kier molecular flexibility index (Phi) is 2.48. The molecule has 8 nitrogen and oxygen atoms in total. The van der Waals surface area contributed by atoms with Gasteiger partial charge in [0, 0.05) is 0 Å². The van der Waals surface area contributed by atoms with Gasteiger partial charge in [-0.05, 0) is 37.1 Å². The van der Waals surface area contributed by atoms with Crippen molar-refractivity contribution < 1.29 is 4.52 Å². The Labute approximate surface area is 96.0 Å². The molecule has 3 rings (SSSR count). The lowest BCUT2D eigenvalue weighted by Crippen LogP contribution is -2.29. The van der Waals surface area contributed by atoms with Crippen LogP contribution in [0.25, 0.3) is 5.95 Å². The van der Waals surface area contributed by atoms with E-state index in [0.29, 0.717) is 5.56 Å². The molecule has 2 aromatic rings. The van der Waals surface area contributed by atoms with Gasteiger partial charge in [-0.25, -0.2) is 0 Å². The second-order valence-electron chi connectivity index (χ2n) is 4.01. The normalized spacial score (nSPS) is 17.4. The molecule has 1 aliphatic rings. The third-order valence-corrected chi connectivity index (χ3v) is 3.01. The second-order valence-corrected chi connectivity index (χ2v) is 4.01. The van der Waals surface area contributed by atoms with Crippen molar-refractivity contribution in [2.45, 2.75) is 18.8 Å². The number of nitrogens with one attached hydrogen (secondary N) is 2. The summed E-state index contributed by atoms with van der Waals surface area (Å²) in [6.45, 7) is 1.86. The first kappa shape index (κ1) is 10.2. The largest absolute Gasteiger partial charge is 0.376 e. The fourth-order valence-corrected chi connectivity index (χ4v) is 2.11. The molecule has 0 radical (unpaired) electrons. The molecule has 0 bridgehead atoms. The van der Waals surface area contributed by atoms with Crippen molar-refractivity contribution in [3.8, 4) is 5.95 Å². The maximum absolute atomic E-state index is 12.1. The molecule has 90 valence electrons. The number of H-pyrrole nitrogens is 1. The lowest BCUT2D eigenvalue weighted by Gasteiger charge is -2.20. The van der Waals surface area contributed by atoms with E-state index in [-0.39, 0.29) is 17.4 Å². The third-order valence-electron chi connectivity index (χ3n) is 3.01. The van der Waals surface area contributed by atoms with Gasteiger partial charge in [-0.1, -0.05) is 9.84 Å². The summed E-state index contributed by atoms with van der Waals surface area (Å²) < 4.78 is 6.25. The summed E-state index contributed by atoms with van der Waals surface area (Å²) in [7, 11) is 0. The first-order valence-electron chi connectivity index (χ1n) is 5.51. The van der Waals surface area contributed by atoms with E-state index in [0.717, 1.165) is 30.7 Å². The van der Waals surface area contributed by atoms with Crippen molar-refractivity contribution in [2.75, 3.05) is 13.1 Å². The molecule has 8 heteroatoms. The van der Waals surface area contributed by atoms with Gasteiger partial charge < -0.3 is 9.84 Å². The quantitative estimate of drug-likeness (QED) is 0.722. The Balaban J connectivity index is 1.95. The summed E-state index contributed by atoms with van der Waals surface area (Å²) in [4.78, 5) is 12.1. The number of nitrogens with zero attached hydrogens (tertiary/aromatic N) is 4. The van der Waals surface area contributed by atoms with Crippen LogP contribution in [-0.4, -0.2) is 38.5 Å². The zero-order valence-corrected chi connectivity index (χ0v) is 9.09. The van der Waals surface area contributed by atoms with Gasteiger partial charge in [0.15, 0.2) is 0 Å². The van der Waals surface area contributed by atoms with Crippen LogP contribution in [0.3, 0.4) is 0 Å². The predicted molar refractivity (Wildman–Crippen MR) is 56.9 cm³/mol. The van der Waals surface area contributed by atoms with Crippen molar-refractivity contribution in [2.24, 2.45) is 0 Å². The fraction of sp³-hybridized carbons (Fsp3) is 0.556. The minimum atomic E-state index is -0.196. The molecular formula is C9H12N6O2. The second kappa shape index (κ2) is 4.13. The molecule has 17 heavy (non-hydrogen) atoms. The highest BCUT2D eigenvalue weighted by Crippen LogP contribution is 2.22. The van der Waals surface area contributed by atoms with Gasteiger partial charge in [0.25, 0.3) is 5.56 Å². The summed E-state index contributed by atoms with van der Waals surface area (Å²) in [6.07, 6.45) is 3.39. The Morgan fingerprint density at radius 3 is 2.94 bits per heavy atom. The van der Waals surface area contributed by atoms with Crippen LogP contribution in [0.2, 0.25) is 0 Å². The zero-order valence-electron chi connectivity index (χ0n) is 9.09. The van der Waals surface area contributed by atoms with Crippen LogP contribution in [0.5, 0.6) is 0 Å². The van der Waals surface area contributed by atoms with Gasteiger partial charge in [-0.15, -0.1) is 5.10 Å². The molecule has 2 N–H and O–H groups in total. The number of piperidine rings is 1. The van der Waals surface area contributed by atoms with E-state index < -0.39 is 0 Å². The van der Waals surface area contributed by atoms with Crippen LogP contribution in [0, 0.1) is 0 Å². The average Bonchev–Trinajstić information content (AvgIpc) is 2.99. The number of hydrogen-bond donors (Lipinski definition) is 2. The monoisotopic (exact) mass is 236 g/mol. The van der Waals surface area contributed by atoms with E-state index in [1.165, 1.54) is 6.26 Å². The topological polar surface area (TPSA) is 102 Å². The minimum Gasteiger partial charge on any atom is -0.376 e. The van der Waals surface area contributed by atoms with Crippen molar-refractivity contribution >= 4 is 0 Å². The molecule has 0 saturated carbocycles. The van der Waals surface area contributed by atoms with Crippen molar-refractivity contribution in [1.82, 2.24) is 30.7 Å². The van der Waals surface area contributed by atoms with Gasteiger partial charge in [-0.2, -0.15) is 5.21 Å². The van der Waals surface area contributed by atoms with E-state index in [2.05, 4.69) is 25.9 Å². The molecule has 2 aromatic heterocycles. The minimum absolute atomic E-state index is 0.134. The van der Waals surface area contributed by atoms with Crippen LogP contribution in [0.1, 0.15) is 24.3 Å². The first-order chi connectivity index (χ1) is 8.36. The molecular weight excluding hydrogens is 224 g/mol. The number of tetrazole rings is 1. The highest BCUT2D eigenvalue weighted by atomic mass is 16.5. The molecule has 0 aromatic carbocycles. The van der Waals surface area contributed by atoms with Gasteiger partial charge in [-0.3, -0.25) is 4.79 Å². The SMILES string of the molecule is O=c1c(C2CCNCC2)con1-c1nn[nH]n1. The first-order valence-corrected chi connectivity index (χ1v) is 5.51. The molecule has 0 spiro atoms. The lowest BCUT2D eigenvalue weighted by molar-refractivity contribution is 0.328. The smallest absolute Gasteiger partial charge is 0.306 e. The molecule has 1 saturated heterocycles. The molecule has 0 aliphatic carbocycles. The number of aromatic amines is 1. The van der Waals surface area contributed by atoms with Crippen molar-refractivity contribution in [3.63, 3.8) is 0 Å². The molecule has 3 heterocycles. The Bertz CT molecular complexity index is 536. The maximum Gasteiger partial charge on any atom is 0.306 e. The summed E-state index contributed by atoms with van der Waals surface area (Å²) in [5.74, 6) is 0.385. The number of hydrogen-bond acceptors (Lipinski definition) is 6. The summed E-state index contributed by atoms with van der Waals surface area (Å²) in [6, 6.07) is 0. The standard InChI is InChI=1S/C9H12N6O2/c16-8-7(6-1-3-10-4-2-6)5-17-15(8)9-11-13-14-12-9/h5-6,10H,1-4H2,(H,11,12,13,14). The zero-order chi connectivity index (χ0) is 11.7. The molecule has 0 atom stereocenters. The predicted octanol–water partition coefficient (Wildman–Crippen LogP) is -0.589. The van der Waals surface area contributed by atoms with Crippen LogP contribution in [-0.2, 0) is 0 Å². The van der Waals surface area contributed by atoms with E-state index >= 15 is 0 Å². The van der Waals surface area contributed by atoms with E-state index in [4.69, 9.17) is 4.52 Å². The molecule has 1 fully saturated rings. The van der Waals surface area contributed by atoms with Gasteiger partial charge in [0.2, 0.25) is 0 Å². The van der Waals surface area contributed by atoms with E-state index in [1.54, 1.807) is 0 Å². The average molecular weight is 236 g/mol. The van der Waals surface area contributed by atoms with Gasteiger partial charge in [0.05, 0.1) is 5.56 Å². The van der Waals surface area contributed by atoms with Gasteiger partial charge in [0.1, 0.15) is 6.26 Å². The van der Waals surface area contributed by atoms with Gasteiger partial charge >= 0.3 is 5.95 Å². The van der Waals surface area contributed by atoms with Crippen molar-refractivity contribution in [1.29, 1.82) is 0 Å². The van der Waals surface area contributed by atoms with E-state index in [9.17, 15) is 4.79 Å². The number of aromatic nitrogens is 5. The van der Waals surface area contributed by atoms with Crippen LogP contribution >= 0.6 is 0 Å². The molecule has 0 unspecified atom stereocenters. The summed E-state index contributed by atoms with van der Waals surface area (Å²) >= 11 is 0. The fourth-order valence-electron chi connectivity index (χ4n) is 2.11. The van der Waals surface area contributed by atoms with Crippen LogP contribution in [0.4, 0.5) is 0 Å². The third kappa shape index (κ3) is 1.76. The Hall–Kier alpha value is -1.96. The van der Waals surface area contributed by atoms with Crippen molar-refractivity contribution in [3.05, 3.63) is 22.2 Å². The lowest BCUT2D eigenvalue weighted by atomic mass is 9.92. The highest BCUT2D eigenvalue weighted by molar-refractivity contribution is 5.15. The summed E-state index contributed by atoms with van der Waals surface area (Å²) in [5.41, 5.74) is 0.495. The van der Waals surface area contributed by atoms with Crippen LogP contribution < -0.4 is 10.9 Å². The number of rotatable bonds is 2. The van der Waals surface area contributed by atoms with Crippen LogP contribution in [0.15, 0.2) is 15.6 Å². The molecule has 0 amide bonds. The maximum atomic E-state index is 12.1. The van der Waals surface area contributed by atoms with E-state index in [1.807, 2.05) is 0 Å².